The quantitative estimate of drug-likeness (QED) is 0.826. The highest BCUT2D eigenvalue weighted by Crippen LogP contribution is 2.34. The molecular weight excluding hydrogens is 232 g/mol. The summed E-state index contributed by atoms with van der Waals surface area (Å²) in [6.07, 6.45) is 1.83. The first kappa shape index (κ1) is 11.8. The van der Waals surface area contributed by atoms with Crippen molar-refractivity contribution in [1.29, 1.82) is 0 Å². The van der Waals surface area contributed by atoms with Crippen molar-refractivity contribution >= 4 is 0 Å². The maximum Gasteiger partial charge on any atom is 0.231 e. The van der Waals surface area contributed by atoms with Crippen LogP contribution >= 0.6 is 0 Å². The van der Waals surface area contributed by atoms with Gasteiger partial charge in [-0.25, -0.2) is 0 Å². The molecule has 1 aromatic carbocycles. The van der Waals surface area contributed by atoms with E-state index < -0.39 is 5.79 Å². The van der Waals surface area contributed by atoms with E-state index in [1.807, 2.05) is 19.1 Å². The lowest BCUT2D eigenvalue weighted by molar-refractivity contribution is -0.154. The van der Waals surface area contributed by atoms with E-state index in [4.69, 9.17) is 18.9 Å². The fraction of sp³-hybridized carbons (Fsp3) is 0.571. The zero-order chi connectivity index (χ0) is 12.6. The van der Waals surface area contributed by atoms with Crippen LogP contribution in [0.3, 0.4) is 0 Å². The Hall–Kier alpha value is -1.26. The van der Waals surface area contributed by atoms with Crippen molar-refractivity contribution in [2.45, 2.75) is 38.6 Å². The van der Waals surface area contributed by atoms with Gasteiger partial charge in [-0.15, -0.1) is 0 Å². The van der Waals surface area contributed by atoms with Crippen LogP contribution in [0.4, 0.5) is 0 Å². The molecule has 0 saturated carbocycles. The van der Waals surface area contributed by atoms with E-state index in [0.717, 1.165) is 24.3 Å². The second kappa shape index (κ2) is 4.44. The molecule has 0 spiro atoms. The van der Waals surface area contributed by atoms with Crippen molar-refractivity contribution < 1.29 is 18.9 Å². The lowest BCUT2D eigenvalue weighted by atomic mass is 10.1. The van der Waals surface area contributed by atoms with Gasteiger partial charge in [-0.2, -0.15) is 0 Å². The number of benzene rings is 1. The fourth-order valence-corrected chi connectivity index (χ4v) is 2.31. The molecule has 0 N–H and O–H groups in total. The topological polar surface area (TPSA) is 36.9 Å². The van der Waals surface area contributed by atoms with Crippen LogP contribution in [0.2, 0.25) is 0 Å². The Kier molecular flexibility index (Phi) is 2.92. The van der Waals surface area contributed by atoms with E-state index in [0.29, 0.717) is 13.4 Å². The van der Waals surface area contributed by atoms with Gasteiger partial charge in [-0.05, 0) is 31.0 Å². The molecule has 2 heterocycles. The van der Waals surface area contributed by atoms with Gasteiger partial charge in [0, 0.05) is 6.42 Å². The van der Waals surface area contributed by atoms with Gasteiger partial charge in [-0.1, -0.05) is 13.0 Å². The predicted molar refractivity (Wildman–Crippen MR) is 65.8 cm³/mol. The number of rotatable bonds is 3. The van der Waals surface area contributed by atoms with Crippen molar-refractivity contribution in [2.75, 3.05) is 13.4 Å². The Morgan fingerprint density at radius 2 is 2.11 bits per heavy atom. The zero-order valence-corrected chi connectivity index (χ0v) is 10.8. The van der Waals surface area contributed by atoms with Gasteiger partial charge in [0.25, 0.3) is 0 Å². The van der Waals surface area contributed by atoms with E-state index in [-0.39, 0.29) is 6.10 Å². The summed E-state index contributed by atoms with van der Waals surface area (Å²) in [4.78, 5) is 0. The molecule has 2 aliphatic heterocycles. The van der Waals surface area contributed by atoms with E-state index in [1.165, 1.54) is 5.56 Å². The molecule has 1 aromatic rings. The molecule has 1 saturated heterocycles. The number of ether oxygens (including phenoxy) is 4. The van der Waals surface area contributed by atoms with Gasteiger partial charge in [0.05, 0.1) is 12.7 Å². The SMILES string of the molecule is CCC1(C)OCC(Cc2ccc3c(c2)OCO3)O1. The fourth-order valence-electron chi connectivity index (χ4n) is 2.31. The third-order valence-corrected chi connectivity index (χ3v) is 3.53. The van der Waals surface area contributed by atoms with Crippen LogP contribution in [0.25, 0.3) is 0 Å². The van der Waals surface area contributed by atoms with Gasteiger partial charge in [0.1, 0.15) is 0 Å². The molecule has 0 aliphatic carbocycles. The largest absolute Gasteiger partial charge is 0.454 e. The summed E-state index contributed by atoms with van der Waals surface area (Å²) in [6.45, 7) is 5.03. The number of hydrogen-bond acceptors (Lipinski definition) is 4. The predicted octanol–water partition coefficient (Wildman–Crippen LogP) is 2.50. The van der Waals surface area contributed by atoms with Crippen LogP contribution in [0.15, 0.2) is 18.2 Å². The average Bonchev–Trinajstić information content (AvgIpc) is 2.96. The Bertz CT molecular complexity index is 445. The second-order valence-corrected chi connectivity index (χ2v) is 4.93. The zero-order valence-electron chi connectivity index (χ0n) is 10.8. The van der Waals surface area contributed by atoms with E-state index in [2.05, 4.69) is 13.0 Å². The molecule has 2 aliphatic rings. The van der Waals surface area contributed by atoms with Crippen LogP contribution in [0, 0.1) is 0 Å². The first-order valence-corrected chi connectivity index (χ1v) is 6.39. The molecule has 0 bridgehead atoms. The van der Waals surface area contributed by atoms with Crippen molar-refractivity contribution in [3.8, 4) is 11.5 Å². The number of hydrogen-bond donors (Lipinski definition) is 0. The van der Waals surface area contributed by atoms with Crippen LogP contribution < -0.4 is 9.47 Å². The van der Waals surface area contributed by atoms with Gasteiger partial charge < -0.3 is 18.9 Å². The third-order valence-electron chi connectivity index (χ3n) is 3.53. The summed E-state index contributed by atoms with van der Waals surface area (Å²) in [5.41, 5.74) is 1.19. The standard InChI is InChI=1S/C14H18O4/c1-3-14(2)17-8-11(18-14)6-10-4-5-12-13(7-10)16-9-15-12/h4-5,7,11H,3,6,8-9H2,1-2H3. The van der Waals surface area contributed by atoms with Crippen LogP contribution in [0.5, 0.6) is 11.5 Å². The minimum Gasteiger partial charge on any atom is -0.454 e. The molecule has 2 atom stereocenters. The summed E-state index contributed by atoms with van der Waals surface area (Å²) in [5, 5.41) is 0. The molecule has 3 rings (SSSR count). The van der Waals surface area contributed by atoms with E-state index >= 15 is 0 Å². The number of fused-ring (bicyclic) bond motifs is 1. The molecule has 2 unspecified atom stereocenters. The Morgan fingerprint density at radius 1 is 1.28 bits per heavy atom. The summed E-state index contributed by atoms with van der Waals surface area (Å²) < 4.78 is 22.3. The van der Waals surface area contributed by atoms with Crippen LogP contribution in [0.1, 0.15) is 25.8 Å². The second-order valence-electron chi connectivity index (χ2n) is 4.93. The van der Waals surface area contributed by atoms with Crippen molar-refractivity contribution in [3.63, 3.8) is 0 Å². The first-order valence-electron chi connectivity index (χ1n) is 6.39. The highest BCUT2D eigenvalue weighted by atomic mass is 16.7. The lowest BCUT2D eigenvalue weighted by Crippen LogP contribution is -2.25. The van der Waals surface area contributed by atoms with Crippen LogP contribution in [-0.2, 0) is 15.9 Å². The molecule has 0 aromatic heterocycles. The van der Waals surface area contributed by atoms with Crippen LogP contribution in [-0.4, -0.2) is 25.3 Å². The summed E-state index contributed by atoms with van der Waals surface area (Å²) in [5.74, 6) is 1.23. The van der Waals surface area contributed by atoms with Crippen molar-refractivity contribution in [3.05, 3.63) is 23.8 Å². The Morgan fingerprint density at radius 3 is 2.89 bits per heavy atom. The maximum absolute atomic E-state index is 5.93. The molecular formula is C14H18O4. The highest BCUT2D eigenvalue weighted by molar-refractivity contribution is 5.44. The summed E-state index contributed by atoms with van der Waals surface area (Å²) in [6, 6.07) is 6.03. The van der Waals surface area contributed by atoms with Crippen molar-refractivity contribution in [2.24, 2.45) is 0 Å². The molecule has 4 heteroatoms. The Balaban J connectivity index is 1.67. The minimum absolute atomic E-state index is 0.121. The summed E-state index contributed by atoms with van der Waals surface area (Å²) >= 11 is 0. The van der Waals surface area contributed by atoms with Gasteiger partial charge in [0.15, 0.2) is 17.3 Å². The average molecular weight is 250 g/mol. The first-order chi connectivity index (χ1) is 8.68. The summed E-state index contributed by atoms with van der Waals surface area (Å²) in [7, 11) is 0. The molecule has 4 nitrogen and oxygen atoms in total. The third kappa shape index (κ3) is 2.18. The molecule has 0 radical (unpaired) electrons. The normalized spacial score (nSPS) is 29.8. The molecule has 18 heavy (non-hydrogen) atoms. The van der Waals surface area contributed by atoms with E-state index in [1.54, 1.807) is 0 Å². The molecule has 98 valence electrons. The highest BCUT2D eigenvalue weighted by Gasteiger charge is 2.35. The monoisotopic (exact) mass is 250 g/mol. The van der Waals surface area contributed by atoms with Crippen molar-refractivity contribution in [1.82, 2.24) is 0 Å². The molecule has 0 amide bonds. The van der Waals surface area contributed by atoms with Gasteiger partial charge >= 0.3 is 0 Å². The smallest absolute Gasteiger partial charge is 0.231 e. The van der Waals surface area contributed by atoms with E-state index in [9.17, 15) is 0 Å². The minimum atomic E-state index is -0.416. The Labute approximate surface area is 107 Å². The lowest BCUT2D eigenvalue weighted by Gasteiger charge is -2.21. The molecule has 1 fully saturated rings. The van der Waals surface area contributed by atoms with Gasteiger partial charge in [-0.3, -0.25) is 0 Å². The van der Waals surface area contributed by atoms with Gasteiger partial charge in [0.2, 0.25) is 6.79 Å². The maximum atomic E-state index is 5.93.